The Hall–Kier alpha value is -2.08. The average molecular weight is 345 g/mol. The van der Waals surface area contributed by atoms with Crippen LogP contribution in [0.2, 0.25) is 0 Å². The number of amides is 1. The highest BCUT2D eigenvalue weighted by Crippen LogP contribution is 2.34. The number of carbonyl (C=O) groups excluding carboxylic acids is 1. The van der Waals surface area contributed by atoms with E-state index in [1.54, 1.807) is 0 Å². The normalized spacial score (nSPS) is 29.3. The third-order valence-corrected chi connectivity index (χ3v) is 5.69. The Morgan fingerprint density at radius 1 is 1.12 bits per heavy atom. The number of piperidine rings is 1. The van der Waals surface area contributed by atoms with E-state index in [4.69, 9.17) is 9.47 Å². The van der Waals surface area contributed by atoms with E-state index in [1.807, 2.05) is 29.2 Å². The fourth-order valence-electron chi connectivity index (χ4n) is 4.31. The van der Waals surface area contributed by atoms with E-state index in [2.05, 4.69) is 0 Å². The van der Waals surface area contributed by atoms with Crippen molar-refractivity contribution in [2.45, 2.75) is 37.9 Å². The molecule has 25 heavy (non-hydrogen) atoms. The van der Waals surface area contributed by atoms with E-state index < -0.39 is 18.0 Å². The summed E-state index contributed by atoms with van der Waals surface area (Å²) >= 11 is 0. The van der Waals surface area contributed by atoms with Crippen LogP contribution in [0.25, 0.3) is 0 Å². The summed E-state index contributed by atoms with van der Waals surface area (Å²) in [5.74, 6) is -0.108. The SMILES string of the molecule is O=C(O)[C@@H]1CCO[C@H]1C1CCN(C(=O)[C@@H]2Cc3ccccc3O2)CC1. The van der Waals surface area contributed by atoms with E-state index in [0.717, 1.165) is 24.2 Å². The largest absolute Gasteiger partial charge is 0.481 e. The number of rotatable bonds is 3. The average Bonchev–Trinajstić information content (AvgIpc) is 3.28. The van der Waals surface area contributed by atoms with Gasteiger partial charge in [-0.3, -0.25) is 9.59 Å². The van der Waals surface area contributed by atoms with Gasteiger partial charge in [-0.1, -0.05) is 18.2 Å². The van der Waals surface area contributed by atoms with Gasteiger partial charge < -0.3 is 19.5 Å². The van der Waals surface area contributed by atoms with Gasteiger partial charge in [-0.15, -0.1) is 0 Å². The van der Waals surface area contributed by atoms with Crippen LogP contribution < -0.4 is 4.74 Å². The van der Waals surface area contributed by atoms with E-state index in [0.29, 0.717) is 32.5 Å². The van der Waals surface area contributed by atoms with Crippen LogP contribution in [0.1, 0.15) is 24.8 Å². The minimum Gasteiger partial charge on any atom is -0.481 e. The lowest BCUT2D eigenvalue weighted by Gasteiger charge is -2.36. The minimum atomic E-state index is -0.766. The van der Waals surface area contributed by atoms with Crippen molar-refractivity contribution in [3.8, 4) is 5.75 Å². The van der Waals surface area contributed by atoms with E-state index in [-0.39, 0.29) is 17.9 Å². The number of carbonyl (C=O) groups is 2. The zero-order valence-corrected chi connectivity index (χ0v) is 14.1. The number of benzene rings is 1. The zero-order chi connectivity index (χ0) is 17.4. The molecule has 6 nitrogen and oxygen atoms in total. The zero-order valence-electron chi connectivity index (χ0n) is 14.1. The Balaban J connectivity index is 1.33. The summed E-state index contributed by atoms with van der Waals surface area (Å²) in [6.07, 6.45) is 2.17. The van der Waals surface area contributed by atoms with Gasteiger partial charge in [0.05, 0.1) is 12.0 Å². The van der Waals surface area contributed by atoms with Gasteiger partial charge >= 0.3 is 5.97 Å². The van der Waals surface area contributed by atoms with Gasteiger partial charge in [0.2, 0.25) is 0 Å². The van der Waals surface area contributed by atoms with Gasteiger partial charge in [-0.2, -0.15) is 0 Å². The predicted octanol–water partition coefficient (Wildman–Crippen LogP) is 1.72. The van der Waals surface area contributed by atoms with Crippen LogP contribution in [-0.2, 0) is 20.7 Å². The Morgan fingerprint density at radius 3 is 2.60 bits per heavy atom. The molecule has 3 heterocycles. The van der Waals surface area contributed by atoms with E-state index in [9.17, 15) is 14.7 Å². The molecule has 0 radical (unpaired) electrons. The molecule has 0 saturated carbocycles. The van der Waals surface area contributed by atoms with Crippen LogP contribution in [0.4, 0.5) is 0 Å². The number of ether oxygens (including phenoxy) is 2. The predicted molar refractivity (Wildman–Crippen MR) is 89.3 cm³/mol. The first-order chi connectivity index (χ1) is 12.1. The summed E-state index contributed by atoms with van der Waals surface area (Å²) in [5, 5.41) is 9.32. The van der Waals surface area contributed by atoms with Crippen LogP contribution in [0.15, 0.2) is 24.3 Å². The Morgan fingerprint density at radius 2 is 1.88 bits per heavy atom. The molecule has 0 unspecified atom stereocenters. The highest BCUT2D eigenvalue weighted by molar-refractivity contribution is 5.82. The second-order valence-electron chi connectivity index (χ2n) is 7.15. The Bertz CT molecular complexity index is 643. The summed E-state index contributed by atoms with van der Waals surface area (Å²) in [6.45, 7) is 1.81. The third kappa shape index (κ3) is 3.11. The van der Waals surface area contributed by atoms with Gasteiger partial charge in [-0.25, -0.2) is 0 Å². The third-order valence-electron chi connectivity index (χ3n) is 5.69. The van der Waals surface area contributed by atoms with Crippen LogP contribution >= 0.6 is 0 Å². The topological polar surface area (TPSA) is 76.1 Å². The van der Waals surface area contributed by atoms with Crippen molar-refractivity contribution in [3.63, 3.8) is 0 Å². The van der Waals surface area contributed by atoms with Crippen molar-refractivity contribution >= 4 is 11.9 Å². The number of nitrogens with zero attached hydrogens (tertiary/aromatic N) is 1. The maximum absolute atomic E-state index is 12.7. The molecular formula is C19H23NO5. The first-order valence-corrected chi connectivity index (χ1v) is 9.01. The van der Waals surface area contributed by atoms with E-state index >= 15 is 0 Å². The molecule has 2 saturated heterocycles. The lowest BCUT2D eigenvalue weighted by molar-refractivity contribution is -0.146. The molecule has 1 N–H and O–H groups in total. The monoisotopic (exact) mass is 345 g/mol. The number of carboxylic acid groups (broad SMARTS) is 1. The molecule has 1 amide bonds. The lowest BCUT2D eigenvalue weighted by atomic mass is 9.84. The fourth-order valence-corrected chi connectivity index (χ4v) is 4.31. The first-order valence-electron chi connectivity index (χ1n) is 9.01. The molecule has 0 aliphatic carbocycles. The van der Waals surface area contributed by atoms with Crippen molar-refractivity contribution in [1.82, 2.24) is 4.90 Å². The van der Waals surface area contributed by atoms with Crippen LogP contribution in [0.3, 0.4) is 0 Å². The quantitative estimate of drug-likeness (QED) is 0.903. The maximum atomic E-state index is 12.7. The molecule has 4 rings (SSSR count). The highest BCUT2D eigenvalue weighted by Gasteiger charge is 2.41. The molecule has 6 heteroatoms. The molecular weight excluding hydrogens is 322 g/mol. The smallest absolute Gasteiger partial charge is 0.309 e. The first kappa shape index (κ1) is 16.4. The van der Waals surface area contributed by atoms with Crippen molar-refractivity contribution in [2.75, 3.05) is 19.7 Å². The number of hydrogen-bond donors (Lipinski definition) is 1. The van der Waals surface area contributed by atoms with Crippen LogP contribution in [0.5, 0.6) is 5.75 Å². The van der Waals surface area contributed by atoms with Crippen LogP contribution in [0, 0.1) is 11.8 Å². The molecule has 3 atom stereocenters. The minimum absolute atomic E-state index is 0.0387. The standard InChI is InChI=1S/C19H23NO5/c21-18(16-11-13-3-1-2-4-15(13)25-16)20-8-5-12(6-9-20)17-14(19(22)23)7-10-24-17/h1-4,12,14,16-17H,5-11H2,(H,22,23)/t14-,16+,17+/m1/s1. The number of carboxylic acids is 1. The van der Waals surface area contributed by atoms with Gasteiger partial charge in [0, 0.05) is 26.1 Å². The van der Waals surface area contributed by atoms with Crippen molar-refractivity contribution < 1.29 is 24.2 Å². The molecule has 1 aromatic carbocycles. The molecule has 3 aliphatic heterocycles. The molecule has 2 fully saturated rings. The van der Waals surface area contributed by atoms with Crippen molar-refractivity contribution in [1.29, 1.82) is 0 Å². The molecule has 0 spiro atoms. The van der Waals surface area contributed by atoms with Gasteiger partial charge in [0.1, 0.15) is 5.75 Å². The number of fused-ring (bicyclic) bond motifs is 1. The molecule has 0 aromatic heterocycles. The number of para-hydroxylation sites is 1. The summed E-state index contributed by atoms with van der Waals surface area (Å²) in [6, 6.07) is 7.77. The number of likely N-dealkylation sites (tertiary alicyclic amines) is 1. The van der Waals surface area contributed by atoms with Gasteiger partial charge in [0.15, 0.2) is 6.10 Å². The second-order valence-corrected chi connectivity index (χ2v) is 7.15. The van der Waals surface area contributed by atoms with Gasteiger partial charge in [0.25, 0.3) is 5.91 Å². The van der Waals surface area contributed by atoms with Crippen LogP contribution in [-0.4, -0.2) is 53.8 Å². The highest BCUT2D eigenvalue weighted by atomic mass is 16.5. The lowest BCUT2D eigenvalue weighted by Crippen LogP contribution is -2.47. The molecule has 0 bridgehead atoms. The molecule has 134 valence electrons. The molecule has 1 aromatic rings. The second kappa shape index (κ2) is 6.67. The summed E-state index contributed by atoms with van der Waals surface area (Å²) in [4.78, 5) is 26.0. The summed E-state index contributed by atoms with van der Waals surface area (Å²) in [7, 11) is 0. The Labute approximate surface area is 146 Å². The Kier molecular flexibility index (Phi) is 4.37. The van der Waals surface area contributed by atoms with Gasteiger partial charge in [-0.05, 0) is 36.8 Å². The fraction of sp³-hybridized carbons (Fsp3) is 0.579. The van der Waals surface area contributed by atoms with E-state index in [1.165, 1.54) is 0 Å². The maximum Gasteiger partial charge on any atom is 0.309 e. The number of aliphatic carboxylic acids is 1. The van der Waals surface area contributed by atoms with Crippen molar-refractivity contribution in [2.24, 2.45) is 11.8 Å². The summed E-state index contributed by atoms with van der Waals surface area (Å²) in [5.41, 5.74) is 1.08. The van der Waals surface area contributed by atoms with Crippen molar-refractivity contribution in [3.05, 3.63) is 29.8 Å². The number of hydrogen-bond acceptors (Lipinski definition) is 4. The molecule has 3 aliphatic rings. The summed E-state index contributed by atoms with van der Waals surface area (Å²) < 4.78 is 11.5.